The summed E-state index contributed by atoms with van der Waals surface area (Å²) in [6, 6.07) is 0. The molecule has 0 aliphatic rings. The summed E-state index contributed by atoms with van der Waals surface area (Å²) in [6.45, 7) is 11.6. The molecular formula is C12H20O2. The van der Waals surface area contributed by atoms with Gasteiger partial charge in [0, 0.05) is 0 Å². The predicted molar refractivity (Wildman–Crippen MR) is 59.0 cm³/mol. The highest BCUT2D eigenvalue weighted by Gasteiger charge is 2.13. The Balaban J connectivity index is 3.61. The Kier molecular flexibility index (Phi) is 6.81. The van der Waals surface area contributed by atoms with Gasteiger partial charge in [-0.3, -0.25) is 4.79 Å². The third kappa shape index (κ3) is 6.46. The van der Waals surface area contributed by atoms with E-state index in [-0.39, 0.29) is 11.9 Å². The molecule has 14 heavy (non-hydrogen) atoms. The van der Waals surface area contributed by atoms with Crippen LogP contribution in [-0.2, 0) is 9.53 Å². The summed E-state index contributed by atoms with van der Waals surface area (Å²) >= 11 is 0. The molecule has 0 unspecified atom stereocenters. The summed E-state index contributed by atoms with van der Waals surface area (Å²) in [4.78, 5) is 11.4. The van der Waals surface area contributed by atoms with Crippen LogP contribution >= 0.6 is 0 Å². The van der Waals surface area contributed by atoms with Crippen molar-refractivity contribution in [3.8, 4) is 0 Å². The van der Waals surface area contributed by atoms with Crippen molar-refractivity contribution in [2.75, 3.05) is 6.61 Å². The maximum absolute atomic E-state index is 11.4. The molecule has 0 aromatic carbocycles. The minimum absolute atomic E-state index is 0.0729. The molecule has 0 fully saturated rings. The van der Waals surface area contributed by atoms with Gasteiger partial charge < -0.3 is 4.74 Å². The number of rotatable bonds is 7. The van der Waals surface area contributed by atoms with E-state index in [1.807, 2.05) is 19.9 Å². The van der Waals surface area contributed by atoms with Gasteiger partial charge >= 0.3 is 5.97 Å². The highest BCUT2D eigenvalue weighted by molar-refractivity contribution is 5.72. The van der Waals surface area contributed by atoms with Crippen molar-refractivity contribution in [2.45, 2.75) is 33.1 Å². The highest BCUT2D eigenvalue weighted by atomic mass is 16.5. The van der Waals surface area contributed by atoms with Crippen LogP contribution in [0, 0.1) is 5.92 Å². The predicted octanol–water partition coefficient (Wildman–Crippen LogP) is 3.10. The Labute approximate surface area is 86.6 Å². The molecule has 0 aromatic rings. The number of allylic oxidation sites excluding steroid dienone is 2. The lowest BCUT2D eigenvalue weighted by atomic mass is 10.0. The minimum atomic E-state index is -0.128. The zero-order valence-corrected chi connectivity index (χ0v) is 9.21. The lowest BCUT2D eigenvalue weighted by Gasteiger charge is -2.10. The van der Waals surface area contributed by atoms with Gasteiger partial charge in [-0.15, -0.1) is 13.2 Å². The highest BCUT2D eigenvalue weighted by Crippen LogP contribution is 2.10. The topological polar surface area (TPSA) is 26.3 Å². The summed E-state index contributed by atoms with van der Waals surface area (Å²) in [6.07, 6.45) is 4.28. The first-order chi connectivity index (χ1) is 6.57. The normalized spacial score (nSPS) is 11.9. The van der Waals surface area contributed by atoms with Gasteiger partial charge in [0.1, 0.15) is 0 Å². The standard InChI is InChI=1S/C12H20O2/c1-5-6-7-8-14-12(13)11(4)9-10(2)3/h5,11H,1-2,6-9H2,3-4H3/t11-/m1/s1. The van der Waals surface area contributed by atoms with Gasteiger partial charge in [-0.1, -0.05) is 18.6 Å². The molecule has 0 aliphatic carbocycles. The number of carbonyl (C=O) groups is 1. The van der Waals surface area contributed by atoms with E-state index < -0.39 is 0 Å². The fourth-order valence-corrected chi connectivity index (χ4v) is 1.15. The molecule has 0 rings (SSSR count). The van der Waals surface area contributed by atoms with E-state index in [0.717, 1.165) is 18.4 Å². The monoisotopic (exact) mass is 196 g/mol. The van der Waals surface area contributed by atoms with Crippen LogP contribution in [0.4, 0.5) is 0 Å². The van der Waals surface area contributed by atoms with Crippen LogP contribution in [0.25, 0.3) is 0 Å². The Morgan fingerprint density at radius 2 is 2.21 bits per heavy atom. The molecule has 0 heterocycles. The largest absolute Gasteiger partial charge is 0.465 e. The molecule has 0 radical (unpaired) electrons. The number of hydrogen-bond donors (Lipinski definition) is 0. The lowest BCUT2D eigenvalue weighted by Crippen LogP contribution is -2.15. The van der Waals surface area contributed by atoms with Crippen LogP contribution in [0.2, 0.25) is 0 Å². The average Bonchev–Trinajstić information content (AvgIpc) is 2.11. The van der Waals surface area contributed by atoms with Crippen molar-refractivity contribution in [3.05, 3.63) is 24.8 Å². The third-order valence-electron chi connectivity index (χ3n) is 1.85. The first kappa shape index (κ1) is 12.9. The molecule has 2 nitrogen and oxygen atoms in total. The van der Waals surface area contributed by atoms with Crippen LogP contribution in [-0.4, -0.2) is 12.6 Å². The molecule has 0 spiro atoms. The zero-order valence-electron chi connectivity index (χ0n) is 9.21. The molecule has 0 saturated carbocycles. The van der Waals surface area contributed by atoms with Crippen molar-refractivity contribution in [3.63, 3.8) is 0 Å². The molecule has 1 atom stereocenters. The van der Waals surface area contributed by atoms with Gasteiger partial charge in [-0.2, -0.15) is 0 Å². The number of esters is 1. The Morgan fingerprint density at radius 1 is 1.57 bits per heavy atom. The van der Waals surface area contributed by atoms with Crippen LogP contribution in [0.5, 0.6) is 0 Å². The first-order valence-corrected chi connectivity index (χ1v) is 4.99. The SMILES string of the molecule is C=CCCCOC(=O)[C@H](C)CC(=C)C. The molecule has 0 aliphatic heterocycles. The molecule has 0 N–H and O–H groups in total. The molecule has 0 amide bonds. The van der Waals surface area contributed by atoms with Gasteiger partial charge in [0.05, 0.1) is 12.5 Å². The molecule has 80 valence electrons. The van der Waals surface area contributed by atoms with Crippen molar-refractivity contribution in [2.24, 2.45) is 5.92 Å². The smallest absolute Gasteiger partial charge is 0.308 e. The number of unbranched alkanes of at least 4 members (excludes halogenated alkanes) is 1. The van der Waals surface area contributed by atoms with E-state index in [0.29, 0.717) is 13.0 Å². The van der Waals surface area contributed by atoms with Crippen LogP contribution in [0.1, 0.15) is 33.1 Å². The van der Waals surface area contributed by atoms with Gasteiger partial charge in [-0.25, -0.2) is 0 Å². The van der Waals surface area contributed by atoms with Crippen molar-refractivity contribution >= 4 is 5.97 Å². The molecule has 0 bridgehead atoms. The zero-order chi connectivity index (χ0) is 11.0. The molecular weight excluding hydrogens is 176 g/mol. The van der Waals surface area contributed by atoms with Gasteiger partial charge in [0.25, 0.3) is 0 Å². The van der Waals surface area contributed by atoms with Crippen LogP contribution in [0.3, 0.4) is 0 Å². The lowest BCUT2D eigenvalue weighted by molar-refractivity contribution is -0.147. The number of ether oxygens (including phenoxy) is 1. The summed E-state index contributed by atoms with van der Waals surface area (Å²) in [7, 11) is 0. The number of hydrogen-bond acceptors (Lipinski definition) is 2. The van der Waals surface area contributed by atoms with Crippen LogP contribution < -0.4 is 0 Å². The minimum Gasteiger partial charge on any atom is -0.465 e. The van der Waals surface area contributed by atoms with E-state index in [9.17, 15) is 4.79 Å². The van der Waals surface area contributed by atoms with Crippen molar-refractivity contribution < 1.29 is 9.53 Å². The second-order valence-electron chi connectivity index (χ2n) is 3.66. The maximum atomic E-state index is 11.4. The summed E-state index contributed by atoms with van der Waals surface area (Å²) in [5.74, 6) is -0.201. The van der Waals surface area contributed by atoms with E-state index in [1.165, 1.54) is 0 Å². The summed E-state index contributed by atoms with van der Waals surface area (Å²) < 4.78 is 5.08. The Morgan fingerprint density at radius 3 is 2.71 bits per heavy atom. The quantitative estimate of drug-likeness (QED) is 0.355. The molecule has 2 heteroatoms. The summed E-state index contributed by atoms with van der Waals surface area (Å²) in [5, 5.41) is 0. The van der Waals surface area contributed by atoms with E-state index >= 15 is 0 Å². The second kappa shape index (κ2) is 7.36. The first-order valence-electron chi connectivity index (χ1n) is 4.99. The molecule has 0 saturated heterocycles. The van der Waals surface area contributed by atoms with E-state index in [4.69, 9.17) is 4.74 Å². The Bertz CT molecular complexity index is 206. The van der Waals surface area contributed by atoms with Gasteiger partial charge in [-0.05, 0) is 26.2 Å². The van der Waals surface area contributed by atoms with Crippen molar-refractivity contribution in [1.82, 2.24) is 0 Å². The van der Waals surface area contributed by atoms with Crippen molar-refractivity contribution in [1.29, 1.82) is 0 Å². The summed E-state index contributed by atoms with van der Waals surface area (Å²) in [5.41, 5.74) is 1.01. The fourth-order valence-electron chi connectivity index (χ4n) is 1.15. The van der Waals surface area contributed by atoms with E-state index in [1.54, 1.807) is 0 Å². The van der Waals surface area contributed by atoms with Gasteiger partial charge in [0.15, 0.2) is 0 Å². The fraction of sp³-hybridized carbons (Fsp3) is 0.583. The third-order valence-corrected chi connectivity index (χ3v) is 1.85. The van der Waals surface area contributed by atoms with E-state index in [2.05, 4.69) is 13.2 Å². The van der Waals surface area contributed by atoms with Gasteiger partial charge in [0.2, 0.25) is 0 Å². The molecule has 0 aromatic heterocycles. The number of carbonyl (C=O) groups excluding carboxylic acids is 1. The second-order valence-corrected chi connectivity index (χ2v) is 3.66. The van der Waals surface area contributed by atoms with Crippen LogP contribution in [0.15, 0.2) is 24.8 Å². The maximum Gasteiger partial charge on any atom is 0.308 e. The average molecular weight is 196 g/mol. The Hall–Kier alpha value is -1.05.